The maximum absolute atomic E-state index is 12.3. The number of carbonyl (C=O) groups excluding carboxylic acids is 1. The number of aliphatic hydroxyl groups excluding tert-OH is 1. The van der Waals surface area contributed by atoms with Crippen LogP contribution in [-0.2, 0) is 0 Å². The molecule has 1 aromatic rings. The monoisotopic (exact) mass is 306 g/mol. The lowest BCUT2D eigenvalue weighted by molar-refractivity contribution is 0.0431. The lowest BCUT2D eigenvalue weighted by Crippen LogP contribution is -2.50. The molecule has 2 rings (SSSR count). The van der Waals surface area contributed by atoms with Crippen LogP contribution < -0.4 is 10.1 Å². The zero-order chi connectivity index (χ0) is 16.1. The van der Waals surface area contributed by atoms with Crippen molar-refractivity contribution in [1.82, 2.24) is 10.2 Å². The predicted molar refractivity (Wildman–Crippen MR) is 85.9 cm³/mol. The summed E-state index contributed by atoms with van der Waals surface area (Å²) in [5.41, 5.74) is 1.00. The smallest absolute Gasteiger partial charge is 0.317 e. The van der Waals surface area contributed by atoms with Crippen molar-refractivity contribution in [2.75, 3.05) is 19.7 Å². The van der Waals surface area contributed by atoms with E-state index in [1.54, 1.807) is 4.90 Å². The summed E-state index contributed by atoms with van der Waals surface area (Å²) in [6, 6.07) is 7.52. The first kappa shape index (κ1) is 16.6. The average molecular weight is 306 g/mol. The average Bonchev–Trinajstić information content (AvgIpc) is 2.50. The molecular formula is C17H26N2O3. The summed E-state index contributed by atoms with van der Waals surface area (Å²) in [5.74, 6) is 1.06. The van der Waals surface area contributed by atoms with Crippen LogP contribution in [0.4, 0.5) is 4.79 Å². The van der Waals surface area contributed by atoms with Crippen LogP contribution in [0.1, 0.15) is 38.8 Å². The Balaban J connectivity index is 1.95. The van der Waals surface area contributed by atoms with Gasteiger partial charge in [-0.3, -0.25) is 0 Å². The second-order valence-corrected chi connectivity index (χ2v) is 5.96. The molecule has 0 spiro atoms. The molecule has 0 radical (unpaired) electrons. The van der Waals surface area contributed by atoms with E-state index in [1.807, 2.05) is 45.0 Å². The van der Waals surface area contributed by atoms with Crippen molar-refractivity contribution < 1.29 is 14.6 Å². The molecule has 122 valence electrons. The fourth-order valence-electron chi connectivity index (χ4n) is 2.63. The number of nitrogens with zero attached hydrogens (tertiary/aromatic N) is 1. The molecule has 1 heterocycles. The van der Waals surface area contributed by atoms with Crippen molar-refractivity contribution in [3.63, 3.8) is 0 Å². The third-order valence-electron chi connectivity index (χ3n) is 4.21. The van der Waals surface area contributed by atoms with Gasteiger partial charge in [0.25, 0.3) is 0 Å². The number of ether oxygens (including phenoxy) is 1. The molecule has 5 nitrogen and oxygen atoms in total. The summed E-state index contributed by atoms with van der Waals surface area (Å²) in [4.78, 5) is 14.0. The highest BCUT2D eigenvalue weighted by Crippen LogP contribution is 2.21. The van der Waals surface area contributed by atoms with E-state index in [9.17, 15) is 9.90 Å². The Bertz CT molecular complexity index is 506. The van der Waals surface area contributed by atoms with Crippen molar-refractivity contribution in [3.05, 3.63) is 29.8 Å². The van der Waals surface area contributed by atoms with E-state index in [-0.39, 0.29) is 18.0 Å². The Kier molecular flexibility index (Phi) is 5.66. The number of hydrogen-bond donors (Lipinski definition) is 2. The first-order valence-corrected chi connectivity index (χ1v) is 7.97. The Morgan fingerprint density at radius 2 is 2.32 bits per heavy atom. The molecule has 1 aromatic carbocycles. The molecule has 1 aliphatic rings. The summed E-state index contributed by atoms with van der Waals surface area (Å²) >= 11 is 0. The van der Waals surface area contributed by atoms with Gasteiger partial charge >= 0.3 is 6.03 Å². The van der Waals surface area contributed by atoms with Crippen molar-refractivity contribution in [1.29, 1.82) is 0 Å². The van der Waals surface area contributed by atoms with E-state index < -0.39 is 6.10 Å². The van der Waals surface area contributed by atoms with Crippen LogP contribution in [0, 0.1) is 5.92 Å². The maximum atomic E-state index is 12.3. The molecule has 0 bridgehead atoms. The van der Waals surface area contributed by atoms with Gasteiger partial charge < -0.3 is 20.1 Å². The molecule has 3 atom stereocenters. The Morgan fingerprint density at radius 1 is 1.55 bits per heavy atom. The topological polar surface area (TPSA) is 61.8 Å². The van der Waals surface area contributed by atoms with E-state index in [0.29, 0.717) is 19.7 Å². The number of urea groups is 1. The lowest BCUT2D eigenvalue weighted by atomic mass is 9.96. The highest BCUT2D eigenvalue weighted by molar-refractivity contribution is 5.74. The highest BCUT2D eigenvalue weighted by atomic mass is 16.5. The van der Waals surface area contributed by atoms with E-state index in [0.717, 1.165) is 17.7 Å². The van der Waals surface area contributed by atoms with Crippen molar-refractivity contribution in [2.24, 2.45) is 5.92 Å². The number of carbonyl (C=O) groups is 1. The first-order chi connectivity index (χ1) is 10.5. The first-order valence-electron chi connectivity index (χ1n) is 7.97. The van der Waals surface area contributed by atoms with E-state index in [2.05, 4.69) is 5.32 Å². The van der Waals surface area contributed by atoms with Gasteiger partial charge in [-0.25, -0.2) is 4.79 Å². The maximum Gasteiger partial charge on any atom is 0.317 e. The molecule has 1 aliphatic heterocycles. The predicted octanol–water partition coefficient (Wildman–Crippen LogP) is 2.56. The number of rotatable bonds is 4. The summed E-state index contributed by atoms with van der Waals surface area (Å²) in [6.07, 6.45) is 0.402. The minimum Gasteiger partial charge on any atom is -0.494 e. The fourth-order valence-corrected chi connectivity index (χ4v) is 2.63. The second-order valence-electron chi connectivity index (χ2n) is 5.96. The van der Waals surface area contributed by atoms with Crippen LogP contribution in [0.15, 0.2) is 24.3 Å². The number of nitrogens with one attached hydrogen (secondary N) is 1. The van der Waals surface area contributed by atoms with Crippen LogP contribution >= 0.6 is 0 Å². The quantitative estimate of drug-likeness (QED) is 0.898. The number of amides is 2. The van der Waals surface area contributed by atoms with Crippen LogP contribution in [0.2, 0.25) is 0 Å². The summed E-state index contributed by atoms with van der Waals surface area (Å²) in [5, 5.41) is 12.9. The van der Waals surface area contributed by atoms with Gasteiger partial charge in [-0.2, -0.15) is 0 Å². The molecule has 0 saturated carbocycles. The minimum atomic E-state index is -0.434. The van der Waals surface area contributed by atoms with E-state index in [4.69, 9.17) is 4.74 Å². The lowest BCUT2D eigenvalue weighted by Gasteiger charge is -2.35. The molecule has 0 aliphatic carbocycles. The Labute approximate surface area is 132 Å². The molecule has 1 fully saturated rings. The van der Waals surface area contributed by atoms with E-state index >= 15 is 0 Å². The number of benzene rings is 1. The fraction of sp³-hybridized carbons (Fsp3) is 0.588. The van der Waals surface area contributed by atoms with Crippen molar-refractivity contribution >= 4 is 6.03 Å². The zero-order valence-electron chi connectivity index (χ0n) is 13.6. The molecule has 0 aromatic heterocycles. The van der Waals surface area contributed by atoms with Crippen molar-refractivity contribution in [2.45, 2.75) is 39.3 Å². The Morgan fingerprint density at radius 3 is 3.00 bits per heavy atom. The second kappa shape index (κ2) is 7.49. The standard InChI is InChI=1S/C17H26N2O3/c1-4-22-15-7-5-6-14(10-15)13(3)18-17(21)19-9-8-12(2)16(20)11-19/h5-7,10,12-13,16,20H,4,8-9,11H2,1-3H3,(H,18,21). The number of piperidine rings is 1. The normalized spacial score (nSPS) is 23.0. The van der Waals surface area contributed by atoms with Gasteiger partial charge in [0.15, 0.2) is 0 Å². The molecular weight excluding hydrogens is 280 g/mol. The van der Waals surface area contributed by atoms with Crippen LogP contribution in [0.5, 0.6) is 5.75 Å². The SMILES string of the molecule is CCOc1cccc(C(C)NC(=O)N2CCC(C)C(O)C2)c1. The van der Waals surface area contributed by atoms with Crippen LogP contribution in [0.3, 0.4) is 0 Å². The minimum absolute atomic E-state index is 0.107. The van der Waals surface area contributed by atoms with Gasteiger partial charge in [0.05, 0.1) is 18.8 Å². The highest BCUT2D eigenvalue weighted by Gasteiger charge is 2.27. The molecule has 5 heteroatoms. The van der Waals surface area contributed by atoms with E-state index in [1.165, 1.54) is 0 Å². The van der Waals surface area contributed by atoms with Gasteiger partial charge in [-0.05, 0) is 43.9 Å². The zero-order valence-corrected chi connectivity index (χ0v) is 13.6. The van der Waals surface area contributed by atoms with Gasteiger partial charge in [-0.15, -0.1) is 0 Å². The van der Waals surface area contributed by atoms with Gasteiger partial charge in [0.1, 0.15) is 5.75 Å². The van der Waals surface area contributed by atoms with Crippen LogP contribution in [0.25, 0.3) is 0 Å². The van der Waals surface area contributed by atoms with Crippen molar-refractivity contribution in [3.8, 4) is 5.75 Å². The molecule has 2 amide bonds. The summed E-state index contributed by atoms with van der Waals surface area (Å²) < 4.78 is 5.49. The summed E-state index contributed by atoms with van der Waals surface area (Å²) in [7, 11) is 0. The number of aliphatic hydroxyl groups is 1. The third-order valence-corrected chi connectivity index (χ3v) is 4.21. The largest absolute Gasteiger partial charge is 0.494 e. The molecule has 22 heavy (non-hydrogen) atoms. The van der Waals surface area contributed by atoms with Gasteiger partial charge in [0.2, 0.25) is 0 Å². The third kappa shape index (κ3) is 4.13. The summed E-state index contributed by atoms with van der Waals surface area (Å²) in [6.45, 7) is 7.62. The van der Waals surface area contributed by atoms with Crippen LogP contribution in [-0.4, -0.2) is 41.8 Å². The Hall–Kier alpha value is -1.75. The van der Waals surface area contributed by atoms with Gasteiger partial charge in [0, 0.05) is 13.1 Å². The molecule has 3 unspecified atom stereocenters. The number of hydrogen-bond acceptors (Lipinski definition) is 3. The van der Waals surface area contributed by atoms with Gasteiger partial charge in [-0.1, -0.05) is 19.1 Å². The number of likely N-dealkylation sites (tertiary alicyclic amines) is 1. The molecule has 2 N–H and O–H groups in total. The number of β-amino-alcohol motifs (C(OH)–C–C–N with tert-alkyl or cyclic N) is 1. The molecule has 1 saturated heterocycles.